The van der Waals surface area contributed by atoms with Crippen molar-refractivity contribution in [3.8, 4) is 0 Å². The normalized spacial score (nSPS) is 16.2. The standard InChI is InChI=1S/C23H24N4O2/c1-15-16(2)26-20-13-18(10-11-19(20)25-15)23(29)27-12-6-9-21(27)22(28)24-14-17-7-4-3-5-8-17/h3-5,7-8,10-11,13,21H,6,9,12,14H2,1-2H3,(H,24,28)/t21-/m1/s1. The van der Waals surface area contributed by atoms with Gasteiger partial charge in [0.2, 0.25) is 5.91 Å². The molecule has 0 spiro atoms. The van der Waals surface area contributed by atoms with Crippen LogP contribution in [0.4, 0.5) is 0 Å². The molecule has 3 aromatic rings. The Labute approximate surface area is 170 Å². The third-order valence-corrected chi connectivity index (χ3v) is 5.45. The Morgan fingerprint density at radius 1 is 1.03 bits per heavy atom. The van der Waals surface area contributed by atoms with Gasteiger partial charge in [-0.05, 0) is 50.5 Å². The number of fused-ring (bicyclic) bond motifs is 1. The molecule has 1 aliphatic heterocycles. The molecule has 6 heteroatoms. The van der Waals surface area contributed by atoms with E-state index >= 15 is 0 Å². The molecule has 1 N–H and O–H groups in total. The van der Waals surface area contributed by atoms with Crippen molar-refractivity contribution in [2.24, 2.45) is 0 Å². The summed E-state index contributed by atoms with van der Waals surface area (Å²) in [5.41, 5.74) is 4.77. The van der Waals surface area contributed by atoms with Gasteiger partial charge < -0.3 is 10.2 Å². The van der Waals surface area contributed by atoms with E-state index < -0.39 is 6.04 Å². The van der Waals surface area contributed by atoms with Gasteiger partial charge in [-0.1, -0.05) is 30.3 Å². The predicted octanol–water partition coefficient (Wildman–Crippen LogP) is 3.17. The predicted molar refractivity (Wildman–Crippen MR) is 111 cm³/mol. The van der Waals surface area contributed by atoms with Crippen LogP contribution in [-0.2, 0) is 11.3 Å². The molecular weight excluding hydrogens is 364 g/mol. The van der Waals surface area contributed by atoms with E-state index in [0.717, 1.165) is 28.9 Å². The highest BCUT2D eigenvalue weighted by atomic mass is 16.2. The SMILES string of the molecule is Cc1nc2ccc(C(=O)N3CCC[C@@H]3C(=O)NCc3ccccc3)cc2nc1C. The maximum atomic E-state index is 13.1. The minimum atomic E-state index is -0.437. The van der Waals surface area contributed by atoms with Crippen LogP contribution in [0.5, 0.6) is 0 Å². The maximum absolute atomic E-state index is 13.1. The van der Waals surface area contributed by atoms with Gasteiger partial charge in [0.1, 0.15) is 6.04 Å². The number of likely N-dealkylation sites (tertiary alicyclic amines) is 1. The highest BCUT2D eigenvalue weighted by Gasteiger charge is 2.34. The smallest absolute Gasteiger partial charge is 0.254 e. The number of aromatic nitrogens is 2. The van der Waals surface area contributed by atoms with E-state index in [2.05, 4.69) is 15.3 Å². The maximum Gasteiger partial charge on any atom is 0.254 e. The Morgan fingerprint density at radius 3 is 2.52 bits per heavy atom. The Hall–Kier alpha value is -3.28. The molecule has 1 saturated heterocycles. The van der Waals surface area contributed by atoms with Gasteiger partial charge in [0.25, 0.3) is 5.91 Å². The lowest BCUT2D eigenvalue weighted by atomic mass is 10.1. The van der Waals surface area contributed by atoms with Crippen LogP contribution >= 0.6 is 0 Å². The first-order valence-corrected chi connectivity index (χ1v) is 9.90. The summed E-state index contributed by atoms with van der Waals surface area (Å²) < 4.78 is 0. The van der Waals surface area contributed by atoms with E-state index in [0.29, 0.717) is 30.6 Å². The quantitative estimate of drug-likeness (QED) is 0.745. The van der Waals surface area contributed by atoms with Crippen LogP contribution in [0.2, 0.25) is 0 Å². The molecule has 0 aliphatic carbocycles. The van der Waals surface area contributed by atoms with Crippen molar-refractivity contribution in [1.29, 1.82) is 0 Å². The number of aryl methyl sites for hydroxylation is 2. The lowest BCUT2D eigenvalue weighted by molar-refractivity contribution is -0.125. The molecule has 1 fully saturated rings. The second kappa shape index (κ2) is 7.99. The van der Waals surface area contributed by atoms with Crippen molar-refractivity contribution in [3.05, 3.63) is 71.0 Å². The Balaban J connectivity index is 1.50. The van der Waals surface area contributed by atoms with Crippen LogP contribution < -0.4 is 5.32 Å². The number of nitrogens with zero attached hydrogens (tertiary/aromatic N) is 3. The highest BCUT2D eigenvalue weighted by Crippen LogP contribution is 2.22. The topological polar surface area (TPSA) is 75.2 Å². The van der Waals surface area contributed by atoms with Crippen LogP contribution in [0.3, 0.4) is 0 Å². The Kier molecular flexibility index (Phi) is 5.25. The van der Waals surface area contributed by atoms with E-state index in [1.165, 1.54) is 0 Å². The fraction of sp³-hybridized carbons (Fsp3) is 0.304. The zero-order valence-corrected chi connectivity index (χ0v) is 16.7. The summed E-state index contributed by atoms with van der Waals surface area (Å²) in [6.45, 7) is 4.87. The molecule has 0 saturated carbocycles. The average molecular weight is 388 g/mol. The highest BCUT2D eigenvalue weighted by molar-refractivity contribution is 6.00. The van der Waals surface area contributed by atoms with Crippen molar-refractivity contribution in [2.45, 2.75) is 39.3 Å². The lowest BCUT2D eigenvalue weighted by Crippen LogP contribution is -2.45. The Morgan fingerprint density at radius 2 is 1.76 bits per heavy atom. The minimum absolute atomic E-state index is 0.105. The van der Waals surface area contributed by atoms with Crippen molar-refractivity contribution >= 4 is 22.8 Å². The van der Waals surface area contributed by atoms with Crippen molar-refractivity contribution in [3.63, 3.8) is 0 Å². The van der Waals surface area contributed by atoms with Gasteiger partial charge in [0, 0.05) is 18.7 Å². The average Bonchev–Trinajstić information content (AvgIpc) is 3.23. The molecule has 2 heterocycles. The van der Waals surface area contributed by atoms with E-state index in [9.17, 15) is 9.59 Å². The fourth-order valence-corrected chi connectivity index (χ4v) is 3.71. The third kappa shape index (κ3) is 3.97. The summed E-state index contributed by atoms with van der Waals surface area (Å²) in [5, 5.41) is 2.97. The monoisotopic (exact) mass is 388 g/mol. The second-order valence-corrected chi connectivity index (χ2v) is 7.46. The molecule has 2 amide bonds. The summed E-state index contributed by atoms with van der Waals surface area (Å²) in [7, 11) is 0. The zero-order chi connectivity index (χ0) is 20.4. The van der Waals surface area contributed by atoms with Crippen LogP contribution in [0, 0.1) is 13.8 Å². The molecule has 1 atom stereocenters. The van der Waals surface area contributed by atoms with Gasteiger partial charge in [-0.2, -0.15) is 0 Å². The lowest BCUT2D eigenvalue weighted by Gasteiger charge is -2.24. The third-order valence-electron chi connectivity index (χ3n) is 5.45. The van der Waals surface area contributed by atoms with E-state index in [1.54, 1.807) is 17.0 Å². The summed E-state index contributed by atoms with van der Waals surface area (Å²) in [5.74, 6) is -0.240. The largest absolute Gasteiger partial charge is 0.350 e. The van der Waals surface area contributed by atoms with Gasteiger partial charge in [0.15, 0.2) is 0 Å². The van der Waals surface area contributed by atoms with Crippen LogP contribution in [0.15, 0.2) is 48.5 Å². The van der Waals surface area contributed by atoms with Crippen molar-refractivity contribution in [2.75, 3.05) is 6.54 Å². The van der Waals surface area contributed by atoms with Crippen LogP contribution in [0.25, 0.3) is 11.0 Å². The molecule has 148 valence electrons. The molecule has 1 aliphatic rings. The van der Waals surface area contributed by atoms with Gasteiger partial charge >= 0.3 is 0 Å². The molecule has 0 radical (unpaired) electrons. The first kappa shape index (κ1) is 19.1. The summed E-state index contributed by atoms with van der Waals surface area (Å²) in [6.07, 6.45) is 1.50. The van der Waals surface area contributed by atoms with E-state index in [-0.39, 0.29) is 11.8 Å². The number of benzene rings is 2. The molecule has 1 aromatic heterocycles. The summed E-state index contributed by atoms with van der Waals surface area (Å²) in [4.78, 5) is 36.6. The summed E-state index contributed by atoms with van der Waals surface area (Å²) in [6, 6.07) is 14.7. The second-order valence-electron chi connectivity index (χ2n) is 7.46. The number of hydrogen-bond acceptors (Lipinski definition) is 4. The molecule has 0 unspecified atom stereocenters. The van der Waals surface area contributed by atoms with E-state index in [1.807, 2.05) is 50.2 Å². The number of carbonyl (C=O) groups is 2. The van der Waals surface area contributed by atoms with Gasteiger partial charge in [-0.3, -0.25) is 9.59 Å². The van der Waals surface area contributed by atoms with Gasteiger partial charge in [-0.25, -0.2) is 9.97 Å². The molecule has 29 heavy (non-hydrogen) atoms. The van der Waals surface area contributed by atoms with Crippen LogP contribution in [0.1, 0.15) is 40.2 Å². The van der Waals surface area contributed by atoms with Crippen molar-refractivity contribution < 1.29 is 9.59 Å². The fourth-order valence-electron chi connectivity index (χ4n) is 3.71. The number of amides is 2. The molecule has 4 rings (SSSR count). The van der Waals surface area contributed by atoms with Gasteiger partial charge in [0.05, 0.1) is 22.4 Å². The summed E-state index contributed by atoms with van der Waals surface area (Å²) >= 11 is 0. The zero-order valence-electron chi connectivity index (χ0n) is 16.7. The number of hydrogen-bond donors (Lipinski definition) is 1. The van der Waals surface area contributed by atoms with Gasteiger partial charge in [-0.15, -0.1) is 0 Å². The number of rotatable bonds is 4. The molecule has 6 nitrogen and oxygen atoms in total. The number of carbonyl (C=O) groups excluding carboxylic acids is 2. The van der Waals surface area contributed by atoms with E-state index in [4.69, 9.17) is 0 Å². The molecule has 0 bridgehead atoms. The number of nitrogens with one attached hydrogen (secondary N) is 1. The molecule has 2 aromatic carbocycles. The first-order valence-electron chi connectivity index (χ1n) is 9.90. The first-order chi connectivity index (χ1) is 14.0. The molecular formula is C23H24N4O2. The Bertz CT molecular complexity index is 1070. The minimum Gasteiger partial charge on any atom is -0.350 e. The van der Waals surface area contributed by atoms with Crippen LogP contribution in [-0.4, -0.2) is 39.3 Å². The van der Waals surface area contributed by atoms with Crippen molar-refractivity contribution in [1.82, 2.24) is 20.2 Å².